The second-order valence-corrected chi connectivity index (χ2v) is 11.2. The summed E-state index contributed by atoms with van der Waals surface area (Å²) >= 11 is 0. The lowest BCUT2D eigenvalue weighted by atomic mass is 9.48. The Balaban J connectivity index is 1.33. The van der Waals surface area contributed by atoms with Gasteiger partial charge in [-0.2, -0.15) is 0 Å². The molecule has 3 fully saturated rings. The van der Waals surface area contributed by atoms with Gasteiger partial charge in [-0.05, 0) is 74.8 Å². The van der Waals surface area contributed by atoms with E-state index in [1.807, 2.05) is 48.3 Å². The van der Waals surface area contributed by atoms with E-state index >= 15 is 0 Å². The van der Waals surface area contributed by atoms with Gasteiger partial charge in [0.05, 0.1) is 17.1 Å². The Labute approximate surface area is 200 Å². The number of amides is 1. The molecule has 2 aliphatic heterocycles. The van der Waals surface area contributed by atoms with Crippen molar-refractivity contribution < 1.29 is 19.7 Å². The second-order valence-electron chi connectivity index (χ2n) is 11.2. The summed E-state index contributed by atoms with van der Waals surface area (Å²) in [6, 6.07) is 13.0. The first-order valence-electron chi connectivity index (χ1n) is 12.7. The Bertz CT molecular complexity index is 1160. The molecule has 6 nitrogen and oxygen atoms in total. The van der Waals surface area contributed by atoms with Gasteiger partial charge in [-0.1, -0.05) is 24.3 Å². The predicted octanol–water partition coefficient (Wildman–Crippen LogP) is 3.10. The van der Waals surface area contributed by atoms with E-state index in [9.17, 15) is 15.0 Å². The molecule has 3 aliphatic carbocycles. The average molecular weight is 461 g/mol. The number of likely N-dealkylation sites (N-methyl/N-ethyl adjacent to an activating group) is 1. The molecule has 1 spiro atoms. The van der Waals surface area contributed by atoms with Gasteiger partial charge in [0.1, 0.15) is 6.10 Å². The number of piperidine rings is 1. The molecule has 2 bridgehead atoms. The zero-order valence-corrected chi connectivity index (χ0v) is 19.6. The van der Waals surface area contributed by atoms with Gasteiger partial charge in [0.25, 0.3) is 5.91 Å². The van der Waals surface area contributed by atoms with Crippen molar-refractivity contribution in [1.29, 1.82) is 0 Å². The summed E-state index contributed by atoms with van der Waals surface area (Å²) in [7, 11) is 1.86. The lowest BCUT2D eigenvalue weighted by Crippen LogP contribution is -2.78. The number of hydrogen-bond donors (Lipinski definition) is 2. The van der Waals surface area contributed by atoms with Crippen LogP contribution in [-0.2, 0) is 11.8 Å². The lowest BCUT2D eigenvalue weighted by Gasteiger charge is -2.64. The third-order valence-corrected chi connectivity index (χ3v) is 9.57. The summed E-state index contributed by atoms with van der Waals surface area (Å²) in [5.74, 6) is 1.40. The fourth-order valence-corrected chi connectivity index (χ4v) is 7.79. The number of ether oxygens (including phenoxy) is 1. The van der Waals surface area contributed by atoms with Crippen LogP contribution in [0.5, 0.6) is 11.5 Å². The summed E-state index contributed by atoms with van der Waals surface area (Å²) in [4.78, 5) is 17.8. The first-order valence-corrected chi connectivity index (χ1v) is 12.7. The van der Waals surface area contributed by atoms with Crippen LogP contribution in [0.25, 0.3) is 0 Å². The number of phenolic OH excluding ortho intramolecular Hbond substituents is 1. The minimum atomic E-state index is -0.927. The van der Waals surface area contributed by atoms with E-state index in [0.29, 0.717) is 24.2 Å². The number of aromatic hydroxyl groups is 1. The SMILES string of the molecule is CN(C(=O)c1ccccc1)[C@@H]1CC[C@@]2(O)C3Cc4ccc(O)c5c4[C@@]2(CCN3CC2CC2)[C@H]1O5. The predicted molar refractivity (Wildman–Crippen MR) is 127 cm³/mol. The number of carbonyl (C=O) groups is 1. The molecule has 1 amide bonds. The van der Waals surface area contributed by atoms with Gasteiger partial charge in [0.2, 0.25) is 0 Å². The third-order valence-electron chi connectivity index (χ3n) is 9.57. The molecule has 6 heteroatoms. The van der Waals surface area contributed by atoms with Gasteiger partial charge in [0, 0.05) is 30.8 Å². The first-order chi connectivity index (χ1) is 16.4. The monoisotopic (exact) mass is 460 g/mol. The Kier molecular flexibility index (Phi) is 4.27. The van der Waals surface area contributed by atoms with Crippen LogP contribution in [-0.4, -0.2) is 69.8 Å². The Morgan fingerprint density at radius 2 is 1.94 bits per heavy atom. The van der Waals surface area contributed by atoms with Gasteiger partial charge in [-0.15, -0.1) is 0 Å². The topological polar surface area (TPSA) is 73.2 Å². The van der Waals surface area contributed by atoms with Gasteiger partial charge < -0.3 is 19.8 Å². The molecule has 0 aromatic heterocycles. The standard InChI is InChI=1S/C28H32N2O4/c1-29(26(32)18-5-3-2-4-6-18)20-11-12-28(33)22-15-19-9-10-21(31)24-23(19)27(28,25(20)34-24)13-14-30(22)16-17-7-8-17/h2-6,9-10,17,20,22,25,31,33H,7-8,11-16H2,1H3/t20-,22?,25+,27+,28-/m1/s1. The number of phenols is 1. The van der Waals surface area contributed by atoms with Crippen molar-refractivity contribution in [1.82, 2.24) is 9.80 Å². The smallest absolute Gasteiger partial charge is 0.253 e. The molecule has 2 aromatic carbocycles. The molecule has 178 valence electrons. The molecule has 2 heterocycles. The largest absolute Gasteiger partial charge is 0.504 e. The number of likely N-dealkylation sites (tertiary alicyclic amines) is 1. The fraction of sp³-hybridized carbons (Fsp3) is 0.536. The second kappa shape index (κ2) is 6.98. The van der Waals surface area contributed by atoms with Crippen LogP contribution in [0.15, 0.2) is 42.5 Å². The van der Waals surface area contributed by atoms with Crippen LogP contribution < -0.4 is 4.74 Å². The molecular weight excluding hydrogens is 428 g/mol. The van der Waals surface area contributed by atoms with Gasteiger partial charge in [0.15, 0.2) is 11.5 Å². The Hall–Kier alpha value is -2.57. The zero-order chi connectivity index (χ0) is 23.2. The zero-order valence-electron chi connectivity index (χ0n) is 19.6. The van der Waals surface area contributed by atoms with E-state index in [1.165, 1.54) is 18.4 Å². The molecule has 5 aliphatic rings. The van der Waals surface area contributed by atoms with Crippen molar-refractivity contribution in [3.63, 3.8) is 0 Å². The molecule has 2 saturated carbocycles. The highest BCUT2D eigenvalue weighted by Crippen LogP contribution is 2.66. The molecule has 5 atom stereocenters. The highest BCUT2D eigenvalue weighted by molar-refractivity contribution is 5.94. The highest BCUT2D eigenvalue weighted by Gasteiger charge is 2.73. The minimum absolute atomic E-state index is 0.0324. The molecule has 34 heavy (non-hydrogen) atoms. The van der Waals surface area contributed by atoms with Crippen molar-refractivity contribution >= 4 is 5.91 Å². The maximum absolute atomic E-state index is 13.4. The minimum Gasteiger partial charge on any atom is -0.504 e. The van der Waals surface area contributed by atoms with Crippen molar-refractivity contribution in [2.75, 3.05) is 20.1 Å². The summed E-state index contributed by atoms with van der Waals surface area (Å²) in [5, 5.41) is 23.3. The van der Waals surface area contributed by atoms with E-state index in [1.54, 1.807) is 6.07 Å². The van der Waals surface area contributed by atoms with Crippen molar-refractivity contribution in [3.8, 4) is 11.5 Å². The maximum Gasteiger partial charge on any atom is 0.253 e. The van der Waals surface area contributed by atoms with Crippen molar-refractivity contribution in [3.05, 3.63) is 59.2 Å². The van der Waals surface area contributed by atoms with E-state index < -0.39 is 11.0 Å². The first kappa shape index (κ1) is 20.8. The summed E-state index contributed by atoms with van der Waals surface area (Å²) < 4.78 is 6.60. The molecule has 7 rings (SSSR count). The number of hydrogen-bond acceptors (Lipinski definition) is 5. The molecule has 1 saturated heterocycles. The van der Waals surface area contributed by atoms with E-state index in [4.69, 9.17) is 4.74 Å². The molecule has 1 unspecified atom stereocenters. The Morgan fingerprint density at radius 1 is 1.15 bits per heavy atom. The maximum atomic E-state index is 13.4. The normalized spacial score (nSPS) is 35.4. The van der Waals surface area contributed by atoms with Crippen molar-refractivity contribution in [2.24, 2.45) is 5.92 Å². The van der Waals surface area contributed by atoms with Crippen LogP contribution in [0.1, 0.15) is 53.6 Å². The summed E-state index contributed by atoms with van der Waals surface area (Å²) in [5.41, 5.74) is 1.32. The number of nitrogens with zero attached hydrogens (tertiary/aromatic N) is 2. The van der Waals surface area contributed by atoms with E-state index in [2.05, 4.69) is 4.90 Å². The lowest BCUT2D eigenvalue weighted by molar-refractivity contribution is -0.197. The number of aliphatic hydroxyl groups is 1. The number of benzene rings is 2. The Morgan fingerprint density at radius 3 is 2.71 bits per heavy atom. The molecular formula is C28H32N2O4. The fourth-order valence-electron chi connectivity index (χ4n) is 7.79. The van der Waals surface area contributed by atoms with Crippen LogP contribution in [0.3, 0.4) is 0 Å². The van der Waals surface area contributed by atoms with Crippen LogP contribution in [0.4, 0.5) is 0 Å². The third kappa shape index (κ3) is 2.56. The number of carbonyl (C=O) groups excluding carboxylic acids is 1. The number of rotatable bonds is 4. The van der Waals surface area contributed by atoms with Gasteiger partial charge in [-0.25, -0.2) is 0 Å². The molecule has 2 N–H and O–H groups in total. The summed E-state index contributed by atoms with van der Waals surface area (Å²) in [6.45, 7) is 1.98. The van der Waals surface area contributed by atoms with E-state index in [0.717, 1.165) is 37.4 Å². The van der Waals surface area contributed by atoms with E-state index in [-0.39, 0.29) is 29.8 Å². The molecule has 2 aromatic rings. The average Bonchev–Trinajstić information content (AvgIpc) is 3.59. The van der Waals surface area contributed by atoms with Crippen LogP contribution in [0.2, 0.25) is 0 Å². The van der Waals surface area contributed by atoms with Gasteiger partial charge in [-0.3, -0.25) is 9.69 Å². The van der Waals surface area contributed by atoms with Gasteiger partial charge >= 0.3 is 0 Å². The van der Waals surface area contributed by atoms with Crippen molar-refractivity contribution in [2.45, 2.75) is 67.7 Å². The quantitative estimate of drug-likeness (QED) is 0.734. The summed E-state index contributed by atoms with van der Waals surface area (Å²) in [6.07, 6.45) is 5.08. The highest BCUT2D eigenvalue weighted by atomic mass is 16.5. The van der Waals surface area contributed by atoms with Crippen LogP contribution in [0, 0.1) is 5.92 Å². The van der Waals surface area contributed by atoms with Crippen LogP contribution >= 0.6 is 0 Å². The molecule has 0 radical (unpaired) electrons.